The predicted octanol–water partition coefficient (Wildman–Crippen LogP) is 3.88. The van der Waals surface area contributed by atoms with Gasteiger partial charge in [0.15, 0.2) is 0 Å². The SMILES string of the molecule is CC(C)C(C)NC(=O)c1ccc(Cl)cc1Br. The number of rotatable bonds is 3. The summed E-state index contributed by atoms with van der Waals surface area (Å²) >= 11 is 9.15. The van der Waals surface area contributed by atoms with Crippen molar-refractivity contribution in [1.82, 2.24) is 5.32 Å². The van der Waals surface area contributed by atoms with Crippen LogP contribution in [0.3, 0.4) is 0 Å². The van der Waals surface area contributed by atoms with Crippen molar-refractivity contribution in [3.8, 4) is 0 Å². The Balaban J connectivity index is 2.81. The zero-order chi connectivity index (χ0) is 12.3. The molecule has 0 saturated carbocycles. The van der Waals surface area contributed by atoms with Gasteiger partial charge in [0.2, 0.25) is 0 Å². The van der Waals surface area contributed by atoms with Crippen LogP contribution in [0.15, 0.2) is 22.7 Å². The first-order valence-electron chi connectivity index (χ1n) is 5.17. The Hall–Kier alpha value is -0.540. The molecule has 1 unspecified atom stereocenters. The smallest absolute Gasteiger partial charge is 0.252 e. The molecule has 1 aromatic rings. The molecule has 1 rings (SSSR count). The molecule has 4 heteroatoms. The van der Waals surface area contributed by atoms with E-state index < -0.39 is 0 Å². The minimum atomic E-state index is -0.0789. The van der Waals surface area contributed by atoms with Crippen molar-refractivity contribution in [2.24, 2.45) is 5.92 Å². The van der Waals surface area contributed by atoms with Gasteiger partial charge in [0, 0.05) is 15.5 Å². The lowest BCUT2D eigenvalue weighted by Crippen LogP contribution is -2.36. The molecule has 0 radical (unpaired) electrons. The van der Waals surface area contributed by atoms with Gasteiger partial charge in [-0.25, -0.2) is 0 Å². The van der Waals surface area contributed by atoms with Crippen LogP contribution >= 0.6 is 27.5 Å². The maximum atomic E-state index is 11.9. The third kappa shape index (κ3) is 3.49. The maximum absolute atomic E-state index is 11.9. The van der Waals surface area contributed by atoms with E-state index in [9.17, 15) is 4.79 Å². The molecule has 0 aliphatic carbocycles. The Morgan fingerprint density at radius 3 is 2.50 bits per heavy atom. The fraction of sp³-hybridized carbons (Fsp3) is 0.417. The molecule has 1 aromatic carbocycles. The Labute approximate surface area is 110 Å². The van der Waals surface area contributed by atoms with Gasteiger partial charge in [0.25, 0.3) is 5.91 Å². The zero-order valence-corrected chi connectivity index (χ0v) is 11.9. The van der Waals surface area contributed by atoms with Crippen LogP contribution in [0.2, 0.25) is 5.02 Å². The highest BCUT2D eigenvalue weighted by Crippen LogP contribution is 2.21. The van der Waals surface area contributed by atoms with Crippen LogP contribution in [0, 0.1) is 5.92 Å². The van der Waals surface area contributed by atoms with Gasteiger partial charge in [-0.05, 0) is 47.0 Å². The second-order valence-electron chi connectivity index (χ2n) is 4.13. The van der Waals surface area contributed by atoms with Crippen LogP contribution in [-0.2, 0) is 0 Å². The first-order valence-corrected chi connectivity index (χ1v) is 6.35. The van der Waals surface area contributed by atoms with Crippen LogP contribution in [-0.4, -0.2) is 11.9 Å². The lowest BCUT2D eigenvalue weighted by molar-refractivity contribution is 0.0930. The molecule has 2 nitrogen and oxygen atoms in total. The summed E-state index contributed by atoms with van der Waals surface area (Å²) < 4.78 is 0.716. The van der Waals surface area contributed by atoms with Crippen molar-refractivity contribution in [3.63, 3.8) is 0 Å². The lowest BCUT2D eigenvalue weighted by Gasteiger charge is -2.17. The number of carbonyl (C=O) groups is 1. The van der Waals surface area contributed by atoms with Gasteiger partial charge in [-0.1, -0.05) is 25.4 Å². The van der Waals surface area contributed by atoms with E-state index in [1.165, 1.54) is 0 Å². The number of hydrogen-bond donors (Lipinski definition) is 1. The summed E-state index contributed by atoms with van der Waals surface area (Å²) in [6.45, 7) is 6.14. The molecular formula is C12H15BrClNO. The molecule has 88 valence electrons. The summed E-state index contributed by atoms with van der Waals surface area (Å²) in [6, 6.07) is 5.29. The molecule has 0 aromatic heterocycles. The topological polar surface area (TPSA) is 29.1 Å². The van der Waals surface area contributed by atoms with Crippen molar-refractivity contribution in [1.29, 1.82) is 0 Å². The second-order valence-corrected chi connectivity index (χ2v) is 5.42. The third-order valence-electron chi connectivity index (χ3n) is 2.53. The van der Waals surface area contributed by atoms with E-state index in [0.717, 1.165) is 0 Å². The van der Waals surface area contributed by atoms with Crippen molar-refractivity contribution < 1.29 is 4.79 Å². The van der Waals surface area contributed by atoms with Gasteiger partial charge in [0.1, 0.15) is 0 Å². The molecule has 1 atom stereocenters. The average molecular weight is 305 g/mol. The van der Waals surface area contributed by atoms with E-state index in [4.69, 9.17) is 11.6 Å². The standard InChI is InChI=1S/C12H15BrClNO/c1-7(2)8(3)15-12(16)10-5-4-9(14)6-11(10)13/h4-8H,1-3H3,(H,15,16). The zero-order valence-electron chi connectivity index (χ0n) is 9.55. The monoisotopic (exact) mass is 303 g/mol. The van der Waals surface area contributed by atoms with Gasteiger partial charge in [0.05, 0.1) is 5.56 Å². The van der Waals surface area contributed by atoms with Crippen LogP contribution in [0.25, 0.3) is 0 Å². The van der Waals surface area contributed by atoms with E-state index in [1.54, 1.807) is 18.2 Å². The van der Waals surface area contributed by atoms with Gasteiger partial charge in [-0.3, -0.25) is 4.79 Å². The molecule has 0 aliphatic rings. The molecule has 1 N–H and O–H groups in total. The van der Waals surface area contributed by atoms with Crippen LogP contribution in [0.5, 0.6) is 0 Å². The second kappa shape index (κ2) is 5.69. The summed E-state index contributed by atoms with van der Waals surface area (Å²) in [6.07, 6.45) is 0. The summed E-state index contributed by atoms with van der Waals surface area (Å²) in [5, 5.41) is 3.56. The number of nitrogens with one attached hydrogen (secondary N) is 1. The molecular weight excluding hydrogens is 289 g/mol. The number of halogens is 2. The van der Waals surface area contributed by atoms with E-state index >= 15 is 0 Å². The van der Waals surface area contributed by atoms with Gasteiger partial charge in [-0.2, -0.15) is 0 Å². The normalized spacial score (nSPS) is 12.6. The summed E-state index contributed by atoms with van der Waals surface area (Å²) in [5.41, 5.74) is 0.608. The molecule has 0 spiro atoms. The van der Waals surface area contributed by atoms with Crippen molar-refractivity contribution in [2.45, 2.75) is 26.8 Å². The summed E-state index contributed by atoms with van der Waals surface area (Å²) in [7, 11) is 0. The quantitative estimate of drug-likeness (QED) is 0.902. The molecule has 16 heavy (non-hydrogen) atoms. The number of carbonyl (C=O) groups excluding carboxylic acids is 1. The Bertz CT molecular complexity index is 393. The molecule has 0 fully saturated rings. The largest absolute Gasteiger partial charge is 0.349 e. The van der Waals surface area contributed by atoms with E-state index in [-0.39, 0.29) is 11.9 Å². The summed E-state index contributed by atoms with van der Waals surface area (Å²) in [5.74, 6) is 0.333. The van der Waals surface area contributed by atoms with Crippen LogP contribution in [0.1, 0.15) is 31.1 Å². The fourth-order valence-corrected chi connectivity index (χ4v) is 1.99. The predicted molar refractivity (Wildman–Crippen MR) is 70.9 cm³/mol. The first-order chi connectivity index (χ1) is 7.41. The van der Waals surface area contributed by atoms with E-state index in [2.05, 4.69) is 35.1 Å². The van der Waals surface area contributed by atoms with Crippen LogP contribution < -0.4 is 5.32 Å². The average Bonchev–Trinajstić information content (AvgIpc) is 2.16. The molecule has 0 heterocycles. The maximum Gasteiger partial charge on any atom is 0.252 e. The highest BCUT2D eigenvalue weighted by Gasteiger charge is 2.14. The lowest BCUT2D eigenvalue weighted by atomic mass is 10.1. The number of amides is 1. The van der Waals surface area contributed by atoms with Crippen molar-refractivity contribution >= 4 is 33.4 Å². The Morgan fingerprint density at radius 2 is 2.00 bits per heavy atom. The summed E-state index contributed by atoms with van der Waals surface area (Å²) in [4.78, 5) is 11.9. The molecule has 1 amide bonds. The highest BCUT2D eigenvalue weighted by atomic mass is 79.9. The van der Waals surface area contributed by atoms with E-state index in [0.29, 0.717) is 21.0 Å². The third-order valence-corrected chi connectivity index (χ3v) is 3.43. The van der Waals surface area contributed by atoms with E-state index in [1.807, 2.05) is 6.92 Å². The van der Waals surface area contributed by atoms with Crippen LogP contribution in [0.4, 0.5) is 0 Å². The minimum Gasteiger partial charge on any atom is -0.349 e. The van der Waals surface area contributed by atoms with Crippen molar-refractivity contribution in [2.75, 3.05) is 0 Å². The minimum absolute atomic E-state index is 0.0789. The van der Waals surface area contributed by atoms with Crippen molar-refractivity contribution in [3.05, 3.63) is 33.3 Å². The van der Waals surface area contributed by atoms with Gasteiger partial charge >= 0.3 is 0 Å². The number of hydrogen-bond acceptors (Lipinski definition) is 1. The Morgan fingerprint density at radius 1 is 1.38 bits per heavy atom. The number of benzene rings is 1. The fourth-order valence-electron chi connectivity index (χ4n) is 1.12. The Kier molecular flexibility index (Phi) is 4.81. The van der Waals surface area contributed by atoms with Gasteiger partial charge in [-0.15, -0.1) is 0 Å². The van der Waals surface area contributed by atoms with Gasteiger partial charge < -0.3 is 5.32 Å². The highest BCUT2D eigenvalue weighted by molar-refractivity contribution is 9.10. The molecule has 0 aliphatic heterocycles. The molecule has 0 saturated heterocycles. The first kappa shape index (κ1) is 13.5. The molecule has 0 bridgehead atoms.